The zero-order valence-corrected chi connectivity index (χ0v) is 15.0. The Hall–Kier alpha value is -2.65. The molecule has 0 aliphatic heterocycles. The summed E-state index contributed by atoms with van der Waals surface area (Å²) in [5, 5.41) is 2.53. The minimum Gasteiger partial charge on any atom is -0.441 e. The van der Waals surface area contributed by atoms with Gasteiger partial charge in [-0.25, -0.2) is 13.4 Å². The molecule has 0 saturated heterocycles. The minimum absolute atomic E-state index is 0.0145. The van der Waals surface area contributed by atoms with Crippen LogP contribution in [-0.4, -0.2) is 19.3 Å². The van der Waals surface area contributed by atoms with Crippen LogP contribution in [0.25, 0.3) is 0 Å². The quantitative estimate of drug-likeness (QED) is 0.656. The molecule has 2 aromatic carbocycles. The van der Waals surface area contributed by atoms with Crippen molar-refractivity contribution in [2.24, 2.45) is 0 Å². The van der Waals surface area contributed by atoms with Gasteiger partial charge < -0.3 is 9.73 Å². The average Bonchev–Trinajstić information content (AvgIpc) is 3.12. The lowest BCUT2D eigenvalue weighted by Crippen LogP contribution is -2.15. The fraction of sp³-hybridized carbons (Fsp3) is 0. The van der Waals surface area contributed by atoms with Crippen LogP contribution in [0.4, 0.5) is 11.4 Å². The average molecular weight is 422 g/mol. The van der Waals surface area contributed by atoms with E-state index in [4.69, 9.17) is 4.42 Å². The lowest BCUT2D eigenvalue weighted by molar-refractivity contribution is 0.0990. The molecule has 0 fully saturated rings. The summed E-state index contributed by atoms with van der Waals surface area (Å²) in [5.74, 6) is -0.679. The van der Waals surface area contributed by atoms with Gasteiger partial charge in [0.2, 0.25) is 0 Å². The summed E-state index contributed by atoms with van der Waals surface area (Å²) >= 11 is 3.29. The van der Waals surface area contributed by atoms with Crippen LogP contribution < -0.4 is 10.0 Å². The largest absolute Gasteiger partial charge is 0.441 e. The highest BCUT2D eigenvalue weighted by Crippen LogP contribution is 2.21. The number of nitrogens with one attached hydrogen (secondary N) is 2. The number of halogens is 1. The number of benzene rings is 2. The Morgan fingerprint density at radius 2 is 1.84 bits per heavy atom. The number of hydrogen-bond donors (Lipinski definition) is 2. The molecule has 1 aromatic heterocycles. The molecule has 0 unspecified atom stereocenters. The van der Waals surface area contributed by atoms with E-state index in [2.05, 4.69) is 31.0 Å². The summed E-state index contributed by atoms with van der Waals surface area (Å²) in [6.45, 7) is 0. The second kappa shape index (κ2) is 7.08. The Morgan fingerprint density at radius 1 is 1.08 bits per heavy atom. The number of rotatable bonds is 5. The Labute approximate surface area is 152 Å². The highest BCUT2D eigenvalue weighted by molar-refractivity contribution is 9.10. The molecule has 9 heteroatoms. The van der Waals surface area contributed by atoms with Crippen LogP contribution in [0.15, 0.2) is 74.8 Å². The molecule has 2 N–H and O–H groups in total. The van der Waals surface area contributed by atoms with Crippen molar-refractivity contribution in [3.05, 3.63) is 71.4 Å². The molecular weight excluding hydrogens is 410 g/mol. The molecule has 0 aliphatic carbocycles. The highest BCUT2D eigenvalue weighted by Gasteiger charge is 2.16. The normalized spacial score (nSPS) is 11.1. The Balaban J connectivity index is 1.80. The second-order valence-electron chi connectivity index (χ2n) is 4.93. The van der Waals surface area contributed by atoms with E-state index in [0.29, 0.717) is 11.4 Å². The van der Waals surface area contributed by atoms with Crippen LogP contribution in [0.2, 0.25) is 0 Å². The van der Waals surface area contributed by atoms with E-state index >= 15 is 0 Å². The van der Waals surface area contributed by atoms with Gasteiger partial charge in [-0.05, 0) is 42.5 Å². The van der Waals surface area contributed by atoms with E-state index in [1.54, 1.807) is 30.3 Å². The molecule has 0 radical (unpaired) electrons. The first-order valence-corrected chi connectivity index (χ1v) is 9.31. The van der Waals surface area contributed by atoms with Crippen LogP contribution >= 0.6 is 15.9 Å². The van der Waals surface area contributed by atoms with Crippen molar-refractivity contribution in [3.8, 4) is 0 Å². The maximum Gasteiger partial charge on any atom is 0.311 e. The number of nitrogens with zero attached hydrogens (tertiary/aromatic N) is 1. The number of carbonyl (C=O) groups excluding carboxylic acids is 1. The minimum atomic E-state index is -3.79. The van der Waals surface area contributed by atoms with Gasteiger partial charge in [0.05, 0.1) is 11.1 Å². The van der Waals surface area contributed by atoms with Crippen LogP contribution in [-0.2, 0) is 10.0 Å². The van der Waals surface area contributed by atoms with Gasteiger partial charge in [-0.3, -0.25) is 9.52 Å². The van der Waals surface area contributed by atoms with Crippen LogP contribution in [0.3, 0.4) is 0 Å². The summed E-state index contributed by atoms with van der Waals surface area (Å²) in [6, 6.07) is 12.6. The lowest BCUT2D eigenvalue weighted by Gasteiger charge is -2.10. The lowest BCUT2D eigenvalue weighted by atomic mass is 10.3. The summed E-state index contributed by atoms with van der Waals surface area (Å²) in [7, 11) is -3.79. The first-order valence-electron chi connectivity index (χ1n) is 7.03. The van der Waals surface area contributed by atoms with Crippen molar-refractivity contribution < 1.29 is 17.6 Å². The molecule has 25 heavy (non-hydrogen) atoms. The topological polar surface area (TPSA) is 101 Å². The molecule has 3 aromatic rings. The van der Waals surface area contributed by atoms with Gasteiger partial charge in [-0.1, -0.05) is 22.0 Å². The first-order chi connectivity index (χ1) is 11.9. The SMILES string of the molecule is O=C(Nc1cccc(S(=O)(=O)Nc2ccc(Br)cc2)c1)c1ncco1. The Morgan fingerprint density at radius 3 is 2.52 bits per heavy atom. The smallest absolute Gasteiger partial charge is 0.311 e. The van der Waals surface area contributed by atoms with Gasteiger partial charge in [0.1, 0.15) is 6.26 Å². The summed E-state index contributed by atoms with van der Waals surface area (Å²) in [6.07, 6.45) is 2.62. The third-order valence-electron chi connectivity index (χ3n) is 3.13. The van der Waals surface area contributed by atoms with Gasteiger partial charge >= 0.3 is 5.91 Å². The molecule has 1 amide bonds. The zero-order chi connectivity index (χ0) is 17.9. The molecule has 0 atom stereocenters. The van der Waals surface area contributed by atoms with Crippen LogP contribution in [0.1, 0.15) is 10.7 Å². The number of hydrogen-bond acceptors (Lipinski definition) is 5. The van der Waals surface area contributed by atoms with E-state index in [0.717, 1.165) is 4.47 Å². The number of oxazole rings is 1. The van der Waals surface area contributed by atoms with Gasteiger partial charge in [0.25, 0.3) is 15.9 Å². The zero-order valence-electron chi connectivity index (χ0n) is 12.6. The van der Waals surface area contributed by atoms with Crippen molar-refractivity contribution in [2.45, 2.75) is 4.90 Å². The number of carbonyl (C=O) groups is 1. The van der Waals surface area contributed by atoms with Crippen molar-refractivity contribution >= 4 is 43.2 Å². The Kier molecular flexibility index (Phi) is 4.86. The van der Waals surface area contributed by atoms with E-state index < -0.39 is 15.9 Å². The van der Waals surface area contributed by atoms with Crippen molar-refractivity contribution in [2.75, 3.05) is 10.0 Å². The highest BCUT2D eigenvalue weighted by atomic mass is 79.9. The summed E-state index contributed by atoms with van der Waals surface area (Å²) in [5.41, 5.74) is 0.735. The molecule has 7 nitrogen and oxygen atoms in total. The molecular formula is C16H12BrN3O4S. The third kappa shape index (κ3) is 4.25. The maximum atomic E-state index is 12.5. The van der Waals surface area contributed by atoms with E-state index in [9.17, 15) is 13.2 Å². The van der Waals surface area contributed by atoms with Crippen molar-refractivity contribution in [3.63, 3.8) is 0 Å². The van der Waals surface area contributed by atoms with Gasteiger partial charge in [-0.2, -0.15) is 0 Å². The standard InChI is InChI=1S/C16H12BrN3O4S/c17-11-4-6-12(7-5-11)20-25(22,23)14-3-1-2-13(10-14)19-15(21)16-18-8-9-24-16/h1-10,20H,(H,19,21). The van der Waals surface area contributed by atoms with Crippen molar-refractivity contribution in [1.29, 1.82) is 0 Å². The van der Waals surface area contributed by atoms with Crippen LogP contribution in [0.5, 0.6) is 0 Å². The van der Waals surface area contributed by atoms with Gasteiger partial charge in [0.15, 0.2) is 0 Å². The predicted octanol–water partition coefficient (Wildman–Crippen LogP) is 3.49. The third-order valence-corrected chi connectivity index (χ3v) is 5.03. The van der Waals surface area contributed by atoms with Crippen molar-refractivity contribution in [1.82, 2.24) is 4.98 Å². The fourth-order valence-corrected chi connectivity index (χ4v) is 3.36. The molecule has 0 spiro atoms. The fourth-order valence-electron chi connectivity index (χ4n) is 1.99. The molecule has 1 heterocycles. The monoisotopic (exact) mass is 421 g/mol. The molecule has 0 saturated carbocycles. The number of amides is 1. The predicted molar refractivity (Wildman–Crippen MR) is 95.8 cm³/mol. The number of aromatic nitrogens is 1. The van der Waals surface area contributed by atoms with E-state index in [1.165, 1.54) is 30.7 Å². The van der Waals surface area contributed by atoms with E-state index in [1.807, 2.05) is 0 Å². The first kappa shape index (κ1) is 17.2. The molecule has 0 aliphatic rings. The number of sulfonamides is 1. The maximum absolute atomic E-state index is 12.5. The summed E-state index contributed by atoms with van der Waals surface area (Å²) in [4.78, 5) is 15.7. The molecule has 128 valence electrons. The molecule has 0 bridgehead atoms. The number of anilines is 2. The summed E-state index contributed by atoms with van der Waals surface area (Å²) < 4.78 is 33.2. The Bertz CT molecular complexity index is 986. The molecule has 3 rings (SSSR count). The van der Waals surface area contributed by atoms with E-state index in [-0.39, 0.29) is 10.8 Å². The van der Waals surface area contributed by atoms with Gasteiger partial charge in [0, 0.05) is 15.8 Å². The second-order valence-corrected chi connectivity index (χ2v) is 7.53. The van der Waals surface area contributed by atoms with Crippen LogP contribution in [0, 0.1) is 0 Å². The van der Waals surface area contributed by atoms with Gasteiger partial charge in [-0.15, -0.1) is 0 Å².